The minimum atomic E-state index is -2.22. The van der Waals surface area contributed by atoms with Crippen LogP contribution in [0.1, 0.15) is 52.4 Å². The minimum absolute atomic E-state index is 0.00361. The molecule has 2 aliphatic carbocycles. The van der Waals surface area contributed by atoms with E-state index in [1.807, 2.05) is 6.92 Å². The van der Waals surface area contributed by atoms with E-state index >= 15 is 0 Å². The van der Waals surface area contributed by atoms with Crippen molar-refractivity contribution in [3.63, 3.8) is 0 Å². The van der Waals surface area contributed by atoms with E-state index in [4.69, 9.17) is 0 Å². The molecule has 0 saturated heterocycles. The topological polar surface area (TPSA) is 17.1 Å². The van der Waals surface area contributed by atoms with Gasteiger partial charge in [-0.2, -0.15) is 0 Å². The lowest BCUT2D eigenvalue weighted by Crippen LogP contribution is -2.39. The SMILES string of the molecule is CC(CC(F)F)[C@H]1CC[C@H]2C(=O)CCCC12C. The zero-order chi connectivity index (χ0) is 12.6. The van der Waals surface area contributed by atoms with E-state index in [1.54, 1.807) is 0 Å². The Morgan fingerprint density at radius 2 is 2.12 bits per heavy atom. The van der Waals surface area contributed by atoms with Gasteiger partial charge in [-0.25, -0.2) is 8.78 Å². The second-order valence-electron chi connectivity index (χ2n) is 6.17. The highest BCUT2D eigenvalue weighted by Gasteiger charge is 2.52. The number of alkyl halides is 2. The molecule has 98 valence electrons. The van der Waals surface area contributed by atoms with E-state index in [0.717, 1.165) is 25.7 Å². The van der Waals surface area contributed by atoms with E-state index in [9.17, 15) is 13.6 Å². The van der Waals surface area contributed by atoms with Gasteiger partial charge >= 0.3 is 0 Å². The number of hydrogen-bond acceptors (Lipinski definition) is 1. The molecule has 0 aromatic heterocycles. The van der Waals surface area contributed by atoms with Crippen molar-refractivity contribution in [1.29, 1.82) is 0 Å². The molecule has 0 amide bonds. The van der Waals surface area contributed by atoms with Crippen LogP contribution >= 0.6 is 0 Å². The van der Waals surface area contributed by atoms with Gasteiger partial charge in [-0.05, 0) is 42.9 Å². The molecular formula is C14H22F2O. The molecule has 0 aromatic carbocycles. The normalized spacial score (nSPS) is 39.5. The first-order valence-electron chi connectivity index (χ1n) is 6.76. The fourth-order valence-corrected chi connectivity index (χ4v) is 4.35. The predicted octanol–water partition coefficient (Wildman–Crippen LogP) is 4.06. The first kappa shape index (κ1) is 13.0. The van der Waals surface area contributed by atoms with Crippen LogP contribution in [0.15, 0.2) is 0 Å². The van der Waals surface area contributed by atoms with Crippen LogP contribution in [-0.4, -0.2) is 12.2 Å². The molecular weight excluding hydrogens is 222 g/mol. The monoisotopic (exact) mass is 244 g/mol. The van der Waals surface area contributed by atoms with Crippen LogP contribution in [-0.2, 0) is 4.79 Å². The van der Waals surface area contributed by atoms with E-state index in [-0.39, 0.29) is 23.7 Å². The first-order valence-corrected chi connectivity index (χ1v) is 6.76. The van der Waals surface area contributed by atoms with Crippen molar-refractivity contribution in [2.24, 2.45) is 23.2 Å². The molecule has 0 spiro atoms. The van der Waals surface area contributed by atoms with Crippen molar-refractivity contribution in [2.75, 3.05) is 0 Å². The number of fused-ring (bicyclic) bond motifs is 1. The molecule has 4 atom stereocenters. The summed E-state index contributed by atoms with van der Waals surface area (Å²) in [4.78, 5) is 11.9. The zero-order valence-corrected chi connectivity index (χ0v) is 10.7. The molecule has 0 radical (unpaired) electrons. The van der Waals surface area contributed by atoms with Gasteiger partial charge in [-0.3, -0.25) is 4.79 Å². The molecule has 0 heterocycles. The standard InChI is InChI=1S/C14H22F2O/c1-9(8-13(15)16)10-5-6-11-12(17)4-3-7-14(10,11)2/h9-11,13H,3-8H2,1-2H3/t9?,10-,11+,14?/m1/s1. The van der Waals surface area contributed by atoms with Crippen molar-refractivity contribution in [3.8, 4) is 0 Å². The summed E-state index contributed by atoms with van der Waals surface area (Å²) in [6.07, 6.45) is 2.35. The van der Waals surface area contributed by atoms with Crippen molar-refractivity contribution in [1.82, 2.24) is 0 Å². The Hall–Kier alpha value is -0.470. The average Bonchev–Trinajstić information content (AvgIpc) is 2.55. The lowest BCUT2D eigenvalue weighted by molar-refractivity contribution is -0.130. The third-order valence-electron chi connectivity index (χ3n) is 5.17. The fraction of sp³-hybridized carbons (Fsp3) is 0.929. The van der Waals surface area contributed by atoms with E-state index in [1.165, 1.54) is 0 Å². The third-order valence-corrected chi connectivity index (χ3v) is 5.17. The van der Waals surface area contributed by atoms with E-state index in [2.05, 4.69) is 6.92 Å². The molecule has 0 aliphatic heterocycles. The molecule has 2 rings (SSSR count). The van der Waals surface area contributed by atoms with Gasteiger partial charge in [0.25, 0.3) is 0 Å². The molecule has 1 nitrogen and oxygen atoms in total. The molecule has 2 unspecified atom stereocenters. The van der Waals surface area contributed by atoms with Crippen LogP contribution in [0.25, 0.3) is 0 Å². The maximum atomic E-state index is 12.5. The molecule has 0 bridgehead atoms. The fourth-order valence-electron chi connectivity index (χ4n) is 4.35. The summed E-state index contributed by atoms with van der Waals surface area (Å²) in [5.41, 5.74) is 0.00361. The number of hydrogen-bond donors (Lipinski definition) is 0. The first-order chi connectivity index (χ1) is 7.95. The van der Waals surface area contributed by atoms with Crippen LogP contribution in [0.2, 0.25) is 0 Å². The lowest BCUT2D eigenvalue weighted by Gasteiger charge is -2.42. The van der Waals surface area contributed by atoms with Crippen molar-refractivity contribution < 1.29 is 13.6 Å². The lowest BCUT2D eigenvalue weighted by atomic mass is 9.62. The van der Waals surface area contributed by atoms with E-state index < -0.39 is 6.43 Å². The molecule has 3 heteroatoms. The minimum Gasteiger partial charge on any atom is -0.299 e. The summed E-state index contributed by atoms with van der Waals surface area (Å²) in [6, 6.07) is 0. The van der Waals surface area contributed by atoms with Gasteiger partial charge in [0.2, 0.25) is 6.43 Å². The maximum absolute atomic E-state index is 12.5. The van der Waals surface area contributed by atoms with Gasteiger partial charge < -0.3 is 0 Å². The number of ketones is 1. The Bertz CT molecular complexity index is 303. The number of rotatable bonds is 3. The highest BCUT2D eigenvalue weighted by molar-refractivity contribution is 5.83. The van der Waals surface area contributed by atoms with E-state index in [0.29, 0.717) is 18.1 Å². The summed E-state index contributed by atoms with van der Waals surface area (Å²) in [5, 5.41) is 0. The molecule has 2 aliphatic rings. The molecule has 2 fully saturated rings. The molecule has 17 heavy (non-hydrogen) atoms. The smallest absolute Gasteiger partial charge is 0.238 e. The number of carbonyl (C=O) groups excluding carboxylic acids is 1. The van der Waals surface area contributed by atoms with Crippen molar-refractivity contribution >= 4 is 5.78 Å². The number of halogens is 2. The van der Waals surface area contributed by atoms with Crippen molar-refractivity contribution in [2.45, 2.75) is 58.8 Å². The van der Waals surface area contributed by atoms with Crippen LogP contribution in [0.4, 0.5) is 8.78 Å². The Labute approximate surface area is 102 Å². The third kappa shape index (κ3) is 2.25. The summed E-state index contributed by atoms with van der Waals surface area (Å²) in [7, 11) is 0. The number of Topliss-reactive ketones (excluding diaryl/α,β-unsaturated/α-hetero) is 1. The van der Waals surface area contributed by atoms with Crippen LogP contribution in [0.3, 0.4) is 0 Å². The second kappa shape index (κ2) is 4.66. The average molecular weight is 244 g/mol. The number of carbonyl (C=O) groups is 1. The van der Waals surface area contributed by atoms with Gasteiger partial charge in [-0.15, -0.1) is 0 Å². The Morgan fingerprint density at radius 1 is 1.41 bits per heavy atom. The van der Waals surface area contributed by atoms with Crippen molar-refractivity contribution in [3.05, 3.63) is 0 Å². The molecule has 0 aromatic rings. The highest BCUT2D eigenvalue weighted by Crippen LogP contribution is 2.57. The van der Waals surface area contributed by atoms with Gasteiger partial charge in [0.15, 0.2) is 0 Å². The Kier molecular flexibility index (Phi) is 3.55. The van der Waals surface area contributed by atoms with Gasteiger partial charge in [-0.1, -0.05) is 13.8 Å². The summed E-state index contributed by atoms with van der Waals surface area (Å²) < 4.78 is 25.0. The summed E-state index contributed by atoms with van der Waals surface area (Å²) in [5.74, 6) is 0.883. The quantitative estimate of drug-likeness (QED) is 0.731. The van der Waals surface area contributed by atoms with Gasteiger partial charge in [0, 0.05) is 18.8 Å². The highest BCUT2D eigenvalue weighted by atomic mass is 19.3. The van der Waals surface area contributed by atoms with Gasteiger partial charge in [0.05, 0.1) is 0 Å². The zero-order valence-electron chi connectivity index (χ0n) is 10.7. The summed E-state index contributed by atoms with van der Waals surface area (Å²) in [6.45, 7) is 4.10. The molecule has 0 N–H and O–H groups in total. The van der Waals surface area contributed by atoms with Crippen LogP contribution in [0.5, 0.6) is 0 Å². The largest absolute Gasteiger partial charge is 0.299 e. The van der Waals surface area contributed by atoms with Crippen LogP contribution in [0, 0.1) is 23.2 Å². The Balaban J connectivity index is 2.12. The van der Waals surface area contributed by atoms with Gasteiger partial charge in [0.1, 0.15) is 5.78 Å². The Morgan fingerprint density at radius 3 is 2.76 bits per heavy atom. The predicted molar refractivity (Wildman–Crippen MR) is 63.0 cm³/mol. The van der Waals surface area contributed by atoms with Crippen LogP contribution < -0.4 is 0 Å². The maximum Gasteiger partial charge on any atom is 0.238 e. The summed E-state index contributed by atoms with van der Waals surface area (Å²) >= 11 is 0. The molecule has 2 saturated carbocycles. The second-order valence-corrected chi connectivity index (χ2v) is 6.17.